The van der Waals surface area contributed by atoms with Crippen molar-refractivity contribution < 1.29 is 22.7 Å². The third-order valence-electron chi connectivity index (χ3n) is 3.97. The number of alkyl halides is 3. The van der Waals surface area contributed by atoms with E-state index in [4.69, 9.17) is 4.74 Å². The van der Waals surface area contributed by atoms with Gasteiger partial charge in [0.2, 0.25) is 0 Å². The first-order valence-electron chi connectivity index (χ1n) is 8.27. The van der Waals surface area contributed by atoms with Gasteiger partial charge in [0, 0.05) is 25.2 Å². The van der Waals surface area contributed by atoms with E-state index in [0.717, 1.165) is 43.0 Å². The fourth-order valence-corrected chi connectivity index (χ4v) is 2.68. The number of nitrogens with zero attached hydrogens (tertiary/aromatic N) is 1. The van der Waals surface area contributed by atoms with Crippen molar-refractivity contribution in [3.05, 3.63) is 53.2 Å². The Balaban J connectivity index is 1.50. The van der Waals surface area contributed by atoms with Crippen molar-refractivity contribution >= 4 is 11.9 Å². The van der Waals surface area contributed by atoms with Gasteiger partial charge in [-0.3, -0.25) is 0 Å². The molecule has 1 aromatic heterocycles. The second kappa shape index (κ2) is 7.63. The molecule has 2 heterocycles. The highest BCUT2D eigenvalue weighted by molar-refractivity contribution is 5.70. The molecule has 0 saturated heterocycles. The molecule has 0 fully saturated rings. The predicted molar refractivity (Wildman–Crippen MR) is 90.2 cm³/mol. The Labute approximate surface area is 148 Å². The number of pyridine rings is 1. The minimum atomic E-state index is -4.48. The maximum absolute atomic E-state index is 12.6. The molecule has 138 valence electrons. The average Bonchev–Trinajstić information content (AvgIpc) is 2.61. The molecule has 5 nitrogen and oxygen atoms in total. The summed E-state index contributed by atoms with van der Waals surface area (Å²) in [6.07, 6.45) is -2.72. The van der Waals surface area contributed by atoms with Crippen LogP contribution in [0.4, 0.5) is 23.8 Å². The Kier molecular flexibility index (Phi) is 5.29. The highest BCUT2D eigenvalue weighted by atomic mass is 19.4. The van der Waals surface area contributed by atoms with Crippen LogP contribution in [-0.4, -0.2) is 24.2 Å². The topological polar surface area (TPSA) is 63.2 Å². The standard InChI is InChI=1S/C18H18F3N3O2/c19-18(20,21)13-4-1-5-15(11-13)26-17(25)23-10-8-14-7-6-12-3-2-9-22-16(12)24-14/h1,4-7,11H,2-3,8-10H2,(H,22,24)(H,23,25). The maximum atomic E-state index is 12.6. The van der Waals surface area contributed by atoms with E-state index in [1.54, 1.807) is 0 Å². The lowest BCUT2D eigenvalue weighted by molar-refractivity contribution is -0.137. The first-order chi connectivity index (χ1) is 12.4. The van der Waals surface area contributed by atoms with Crippen LogP contribution in [0.3, 0.4) is 0 Å². The lowest BCUT2D eigenvalue weighted by atomic mass is 10.1. The summed E-state index contributed by atoms with van der Waals surface area (Å²) >= 11 is 0. The number of nitrogens with one attached hydrogen (secondary N) is 2. The van der Waals surface area contributed by atoms with Gasteiger partial charge in [-0.05, 0) is 42.7 Å². The first-order valence-corrected chi connectivity index (χ1v) is 8.27. The van der Waals surface area contributed by atoms with E-state index in [0.29, 0.717) is 6.42 Å². The molecule has 0 bridgehead atoms. The minimum absolute atomic E-state index is 0.159. The van der Waals surface area contributed by atoms with E-state index in [1.807, 2.05) is 12.1 Å². The molecule has 2 N–H and O–H groups in total. The number of halogens is 3. The smallest absolute Gasteiger partial charge is 0.410 e. The zero-order valence-corrected chi connectivity index (χ0v) is 13.9. The van der Waals surface area contributed by atoms with Crippen LogP contribution >= 0.6 is 0 Å². The monoisotopic (exact) mass is 365 g/mol. The van der Waals surface area contributed by atoms with Crippen molar-refractivity contribution in [3.8, 4) is 5.75 Å². The Morgan fingerprint density at radius 2 is 2.12 bits per heavy atom. The Morgan fingerprint density at radius 3 is 2.92 bits per heavy atom. The van der Waals surface area contributed by atoms with Crippen LogP contribution in [0.25, 0.3) is 0 Å². The van der Waals surface area contributed by atoms with Crippen LogP contribution in [0.1, 0.15) is 23.2 Å². The number of rotatable bonds is 4. The average molecular weight is 365 g/mol. The van der Waals surface area contributed by atoms with E-state index in [-0.39, 0.29) is 12.3 Å². The van der Waals surface area contributed by atoms with Gasteiger partial charge in [-0.2, -0.15) is 13.2 Å². The van der Waals surface area contributed by atoms with E-state index in [9.17, 15) is 18.0 Å². The summed E-state index contributed by atoms with van der Waals surface area (Å²) in [7, 11) is 0. The molecule has 0 aliphatic carbocycles. The summed E-state index contributed by atoms with van der Waals surface area (Å²) in [5.74, 6) is 0.716. The molecular formula is C18H18F3N3O2. The number of anilines is 1. The van der Waals surface area contributed by atoms with Crippen LogP contribution in [0, 0.1) is 0 Å². The number of aromatic nitrogens is 1. The second-order valence-electron chi connectivity index (χ2n) is 5.93. The third kappa shape index (κ3) is 4.65. The van der Waals surface area contributed by atoms with Gasteiger partial charge in [-0.15, -0.1) is 0 Å². The number of fused-ring (bicyclic) bond motifs is 1. The molecule has 26 heavy (non-hydrogen) atoms. The molecular weight excluding hydrogens is 347 g/mol. The van der Waals surface area contributed by atoms with Crippen molar-refractivity contribution in [2.45, 2.75) is 25.4 Å². The van der Waals surface area contributed by atoms with Crippen molar-refractivity contribution in [2.75, 3.05) is 18.4 Å². The van der Waals surface area contributed by atoms with Gasteiger partial charge >= 0.3 is 12.3 Å². The van der Waals surface area contributed by atoms with Gasteiger partial charge in [-0.1, -0.05) is 12.1 Å². The number of carbonyl (C=O) groups excluding carboxylic acids is 1. The van der Waals surface area contributed by atoms with Gasteiger partial charge in [0.15, 0.2) is 0 Å². The summed E-state index contributed by atoms with van der Waals surface area (Å²) in [6, 6.07) is 8.12. The Bertz CT molecular complexity index is 793. The summed E-state index contributed by atoms with van der Waals surface area (Å²) in [5.41, 5.74) is 1.13. The molecule has 1 aromatic carbocycles. The molecule has 1 amide bonds. The largest absolute Gasteiger partial charge is 0.416 e. The molecule has 1 aliphatic heterocycles. The number of carbonyl (C=O) groups is 1. The summed E-state index contributed by atoms with van der Waals surface area (Å²) in [6.45, 7) is 1.16. The fraction of sp³-hybridized carbons (Fsp3) is 0.333. The Hall–Kier alpha value is -2.77. The molecule has 0 unspecified atom stereocenters. The van der Waals surface area contributed by atoms with E-state index in [1.165, 1.54) is 17.7 Å². The lowest BCUT2D eigenvalue weighted by Crippen LogP contribution is -2.29. The van der Waals surface area contributed by atoms with Crippen LogP contribution in [-0.2, 0) is 19.0 Å². The first kappa shape index (κ1) is 18.0. The van der Waals surface area contributed by atoms with Crippen molar-refractivity contribution in [1.29, 1.82) is 0 Å². The number of hydrogen-bond donors (Lipinski definition) is 2. The van der Waals surface area contributed by atoms with Gasteiger partial charge in [0.1, 0.15) is 11.6 Å². The molecule has 3 rings (SSSR count). The zero-order chi connectivity index (χ0) is 18.6. The third-order valence-corrected chi connectivity index (χ3v) is 3.97. The molecule has 1 aliphatic rings. The number of hydrogen-bond acceptors (Lipinski definition) is 4. The van der Waals surface area contributed by atoms with E-state index < -0.39 is 17.8 Å². The number of amides is 1. The van der Waals surface area contributed by atoms with Crippen molar-refractivity contribution in [1.82, 2.24) is 10.3 Å². The molecule has 0 atom stereocenters. The quantitative estimate of drug-likeness (QED) is 0.865. The van der Waals surface area contributed by atoms with Crippen LogP contribution in [0.2, 0.25) is 0 Å². The fourth-order valence-electron chi connectivity index (χ4n) is 2.68. The second-order valence-corrected chi connectivity index (χ2v) is 5.93. The summed E-state index contributed by atoms with van der Waals surface area (Å²) in [4.78, 5) is 16.3. The predicted octanol–water partition coefficient (Wildman–Crippen LogP) is 3.79. The summed E-state index contributed by atoms with van der Waals surface area (Å²) in [5, 5.41) is 5.75. The van der Waals surface area contributed by atoms with E-state index >= 15 is 0 Å². The van der Waals surface area contributed by atoms with Gasteiger partial charge < -0.3 is 15.4 Å². The molecule has 8 heteroatoms. The van der Waals surface area contributed by atoms with Crippen molar-refractivity contribution in [2.24, 2.45) is 0 Å². The maximum Gasteiger partial charge on any atom is 0.416 e. The molecule has 0 spiro atoms. The van der Waals surface area contributed by atoms with Gasteiger partial charge in [0.05, 0.1) is 5.56 Å². The molecule has 0 radical (unpaired) electrons. The van der Waals surface area contributed by atoms with Crippen LogP contribution in [0.5, 0.6) is 5.75 Å². The number of ether oxygens (including phenoxy) is 1. The SMILES string of the molecule is O=C(NCCc1ccc2c(n1)NCCC2)Oc1cccc(C(F)(F)F)c1. The van der Waals surface area contributed by atoms with Crippen LogP contribution < -0.4 is 15.4 Å². The van der Waals surface area contributed by atoms with Crippen molar-refractivity contribution in [3.63, 3.8) is 0 Å². The van der Waals surface area contributed by atoms with Gasteiger partial charge in [0.25, 0.3) is 0 Å². The highest BCUT2D eigenvalue weighted by Gasteiger charge is 2.30. The number of aryl methyl sites for hydroxylation is 1. The Morgan fingerprint density at radius 1 is 1.27 bits per heavy atom. The van der Waals surface area contributed by atoms with Gasteiger partial charge in [-0.25, -0.2) is 9.78 Å². The molecule has 0 saturated carbocycles. The zero-order valence-electron chi connectivity index (χ0n) is 13.9. The van der Waals surface area contributed by atoms with Crippen LogP contribution in [0.15, 0.2) is 36.4 Å². The number of benzene rings is 1. The molecule has 2 aromatic rings. The normalized spacial score (nSPS) is 13.5. The lowest BCUT2D eigenvalue weighted by Gasteiger charge is -2.17. The van der Waals surface area contributed by atoms with E-state index in [2.05, 4.69) is 15.6 Å². The highest BCUT2D eigenvalue weighted by Crippen LogP contribution is 2.31. The minimum Gasteiger partial charge on any atom is -0.410 e. The summed E-state index contributed by atoms with van der Waals surface area (Å²) < 4.78 is 42.8.